The average Bonchev–Trinajstić information content (AvgIpc) is 2.30. The maximum atomic E-state index is 5.85. The summed E-state index contributed by atoms with van der Waals surface area (Å²) in [7, 11) is 2.16. The van der Waals surface area contributed by atoms with Crippen LogP contribution in [0, 0.1) is 0 Å². The summed E-state index contributed by atoms with van der Waals surface area (Å²) in [6, 6.07) is 4.01. The van der Waals surface area contributed by atoms with Crippen molar-refractivity contribution in [3.8, 4) is 0 Å². The molecule has 0 atom stereocenters. The summed E-state index contributed by atoms with van der Waals surface area (Å²) in [5, 5.41) is 0. The Morgan fingerprint density at radius 1 is 1.47 bits per heavy atom. The van der Waals surface area contributed by atoms with Crippen LogP contribution in [0.25, 0.3) is 0 Å². The molecule has 2 heterocycles. The molecule has 0 unspecified atom stereocenters. The number of pyridine rings is 1. The van der Waals surface area contributed by atoms with Crippen LogP contribution >= 0.6 is 0 Å². The maximum absolute atomic E-state index is 5.85. The fraction of sp³-hybridized carbons (Fsp3) is 0.583. The Balaban J connectivity index is 1.74. The molecule has 1 aliphatic rings. The molecule has 1 aromatic heterocycles. The molecule has 3 heteroatoms. The Kier molecular flexibility index (Phi) is 3.69. The molecule has 2 rings (SSSR count). The van der Waals surface area contributed by atoms with Gasteiger partial charge >= 0.3 is 0 Å². The van der Waals surface area contributed by atoms with Gasteiger partial charge in [-0.2, -0.15) is 0 Å². The number of piperidine rings is 1. The third-order valence-corrected chi connectivity index (χ3v) is 2.87. The first kappa shape index (κ1) is 10.6. The number of aromatic nitrogens is 1. The molecular weight excluding hydrogens is 188 g/mol. The number of nitrogens with zero attached hydrogens (tertiary/aromatic N) is 2. The highest BCUT2D eigenvalue weighted by Gasteiger charge is 2.16. The van der Waals surface area contributed by atoms with Crippen molar-refractivity contribution in [2.24, 2.45) is 0 Å². The topological polar surface area (TPSA) is 25.4 Å². The zero-order valence-corrected chi connectivity index (χ0v) is 9.22. The van der Waals surface area contributed by atoms with E-state index in [0.717, 1.165) is 31.5 Å². The van der Waals surface area contributed by atoms with Crippen molar-refractivity contribution < 1.29 is 4.74 Å². The lowest BCUT2D eigenvalue weighted by Gasteiger charge is -2.28. The molecule has 1 aromatic rings. The first-order chi connectivity index (χ1) is 7.34. The fourth-order valence-corrected chi connectivity index (χ4v) is 1.85. The first-order valence-electron chi connectivity index (χ1n) is 5.53. The van der Waals surface area contributed by atoms with Gasteiger partial charge in [-0.1, -0.05) is 6.07 Å². The Morgan fingerprint density at radius 2 is 2.27 bits per heavy atom. The van der Waals surface area contributed by atoms with Crippen molar-refractivity contribution in [1.82, 2.24) is 9.88 Å². The van der Waals surface area contributed by atoms with Crippen LogP contribution in [0.15, 0.2) is 24.5 Å². The minimum absolute atomic E-state index is 0.432. The van der Waals surface area contributed by atoms with Gasteiger partial charge in [0.1, 0.15) is 0 Å². The van der Waals surface area contributed by atoms with Crippen LogP contribution in [0.1, 0.15) is 18.4 Å². The third kappa shape index (κ3) is 3.29. The van der Waals surface area contributed by atoms with Gasteiger partial charge in [-0.3, -0.25) is 4.98 Å². The van der Waals surface area contributed by atoms with Gasteiger partial charge in [-0.05, 0) is 31.5 Å². The predicted molar refractivity (Wildman–Crippen MR) is 59.5 cm³/mol. The van der Waals surface area contributed by atoms with Gasteiger partial charge < -0.3 is 9.64 Å². The predicted octanol–water partition coefficient (Wildman–Crippen LogP) is 1.69. The van der Waals surface area contributed by atoms with E-state index in [9.17, 15) is 0 Å². The molecule has 0 aliphatic carbocycles. The molecule has 0 N–H and O–H groups in total. The molecule has 15 heavy (non-hydrogen) atoms. The Labute approximate surface area is 91.1 Å². The molecule has 0 amide bonds. The van der Waals surface area contributed by atoms with Crippen LogP contribution in [0.2, 0.25) is 0 Å². The largest absolute Gasteiger partial charge is 0.373 e. The highest BCUT2D eigenvalue weighted by atomic mass is 16.5. The Morgan fingerprint density at radius 3 is 2.93 bits per heavy atom. The van der Waals surface area contributed by atoms with Crippen molar-refractivity contribution >= 4 is 0 Å². The van der Waals surface area contributed by atoms with Gasteiger partial charge in [0.25, 0.3) is 0 Å². The summed E-state index contributed by atoms with van der Waals surface area (Å²) in [5.41, 5.74) is 1.16. The minimum Gasteiger partial charge on any atom is -0.373 e. The summed E-state index contributed by atoms with van der Waals surface area (Å²) in [4.78, 5) is 6.42. The molecule has 1 aliphatic heterocycles. The van der Waals surface area contributed by atoms with Crippen LogP contribution in [0.3, 0.4) is 0 Å². The summed E-state index contributed by atoms with van der Waals surface area (Å²) in [5.74, 6) is 0. The van der Waals surface area contributed by atoms with E-state index < -0.39 is 0 Å². The van der Waals surface area contributed by atoms with E-state index in [-0.39, 0.29) is 0 Å². The third-order valence-electron chi connectivity index (χ3n) is 2.87. The lowest BCUT2D eigenvalue weighted by Crippen LogP contribution is -2.34. The van der Waals surface area contributed by atoms with Crippen LogP contribution in [-0.2, 0) is 11.3 Å². The second-order valence-corrected chi connectivity index (χ2v) is 4.17. The average molecular weight is 206 g/mol. The molecule has 0 saturated carbocycles. The smallest absolute Gasteiger partial charge is 0.0735 e. The van der Waals surface area contributed by atoms with Crippen LogP contribution in [-0.4, -0.2) is 36.1 Å². The quantitative estimate of drug-likeness (QED) is 0.752. The zero-order chi connectivity index (χ0) is 10.5. The normalized spacial score (nSPS) is 19.3. The van der Waals surface area contributed by atoms with E-state index >= 15 is 0 Å². The van der Waals surface area contributed by atoms with E-state index in [0.29, 0.717) is 12.7 Å². The van der Waals surface area contributed by atoms with Gasteiger partial charge in [0.15, 0.2) is 0 Å². The second-order valence-electron chi connectivity index (χ2n) is 4.17. The van der Waals surface area contributed by atoms with Gasteiger partial charge in [-0.25, -0.2) is 0 Å². The van der Waals surface area contributed by atoms with Crippen molar-refractivity contribution in [2.45, 2.75) is 25.6 Å². The molecule has 82 valence electrons. The van der Waals surface area contributed by atoms with Gasteiger partial charge in [0, 0.05) is 25.5 Å². The van der Waals surface area contributed by atoms with Gasteiger partial charge in [0.2, 0.25) is 0 Å². The van der Waals surface area contributed by atoms with E-state index in [4.69, 9.17) is 4.74 Å². The van der Waals surface area contributed by atoms with Crippen LogP contribution in [0.5, 0.6) is 0 Å². The summed E-state index contributed by atoms with van der Waals surface area (Å²) in [6.45, 7) is 3.00. The Hall–Kier alpha value is -0.930. The fourth-order valence-electron chi connectivity index (χ4n) is 1.85. The number of rotatable bonds is 3. The number of hydrogen-bond acceptors (Lipinski definition) is 3. The SMILES string of the molecule is CN1CCC(OCc2cccnc2)CC1. The van der Waals surface area contributed by atoms with Gasteiger partial charge in [0.05, 0.1) is 12.7 Å². The lowest BCUT2D eigenvalue weighted by atomic mass is 10.1. The standard InChI is InChI=1S/C12H18N2O/c1-14-7-4-12(5-8-14)15-10-11-3-2-6-13-9-11/h2-3,6,9,12H,4-5,7-8,10H2,1H3. The van der Waals surface area contributed by atoms with Crippen molar-refractivity contribution in [2.75, 3.05) is 20.1 Å². The van der Waals surface area contributed by atoms with E-state index in [1.807, 2.05) is 12.3 Å². The van der Waals surface area contributed by atoms with E-state index in [2.05, 4.69) is 23.0 Å². The zero-order valence-electron chi connectivity index (χ0n) is 9.22. The molecule has 0 aromatic carbocycles. The highest BCUT2D eigenvalue weighted by molar-refractivity contribution is 5.06. The summed E-state index contributed by atoms with van der Waals surface area (Å²) >= 11 is 0. The van der Waals surface area contributed by atoms with Crippen molar-refractivity contribution in [3.05, 3.63) is 30.1 Å². The molecule has 0 radical (unpaired) electrons. The summed E-state index contributed by atoms with van der Waals surface area (Å²) < 4.78 is 5.85. The van der Waals surface area contributed by atoms with E-state index in [1.165, 1.54) is 0 Å². The van der Waals surface area contributed by atoms with Crippen LogP contribution in [0.4, 0.5) is 0 Å². The monoisotopic (exact) mass is 206 g/mol. The number of ether oxygens (including phenoxy) is 1. The molecule has 1 fully saturated rings. The maximum Gasteiger partial charge on any atom is 0.0735 e. The molecule has 1 saturated heterocycles. The first-order valence-corrected chi connectivity index (χ1v) is 5.53. The molecule has 3 nitrogen and oxygen atoms in total. The molecule has 0 bridgehead atoms. The lowest BCUT2D eigenvalue weighted by molar-refractivity contribution is 0.00203. The van der Waals surface area contributed by atoms with Crippen LogP contribution < -0.4 is 0 Å². The van der Waals surface area contributed by atoms with Gasteiger partial charge in [-0.15, -0.1) is 0 Å². The highest BCUT2D eigenvalue weighted by Crippen LogP contribution is 2.13. The summed E-state index contributed by atoms with van der Waals surface area (Å²) in [6.07, 6.45) is 6.39. The Bertz CT molecular complexity index is 281. The molecular formula is C12H18N2O. The number of likely N-dealkylation sites (tertiary alicyclic amines) is 1. The second kappa shape index (κ2) is 5.24. The minimum atomic E-state index is 0.432. The van der Waals surface area contributed by atoms with Crippen molar-refractivity contribution in [1.29, 1.82) is 0 Å². The molecule has 0 spiro atoms. The van der Waals surface area contributed by atoms with Crippen molar-refractivity contribution in [3.63, 3.8) is 0 Å². The van der Waals surface area contributed by atoms with E-state index in [1.54, 1.807) is 6.20 Å². The number of hydrogen-bond donors (Lipinski definition) is 0.